The van der Waals surface area contributed by atoms with Crippen molar-refractivity contribution in [2.75, 3.05) is 46.4 Å². The normalized spacial score (nSPS) is 19.8. The molecular weight excluding hydrogens is 350 g/mol. The lowest BCUT2D eigenvalue weighted by Gasteiger charge is -2.28. The fourth-order valence-electron chi connectivity index (χ4n) is 2.98. The van der Waals surface area contributed by atoms with E-state index in [1.54, 1.807) is 11.3 Å². The molecule has 8 heteroatoms. The van der Waals surface area contributed by atoms with Crippen LogP contribution in [-0.2, 0) is 9.53 Å². The van der Waals surface area contributed by atoms with Crippen LogP contribution >= 0.6 is 11.3 Å². The Balaban J connectivity index is 1.43. The maximum atomic E-state index is 12.3. The van der Waals surface area contributed by atoms with E-state index in [0.29, 0.717) is 11.7 Å². The van der Waals surface area contributed by atoms with Crippen molar-refractivity contribution >= 4 is 39.5 Å². The summed E-state index contributed by atoms with van der Waals surface area (Å²) in [5.41, 5.74) is 4.18. The van der Waals surface area contributed by atoms with Gasteiger partial charge in [0.2, 0.25) is 5.96 Å². The van der Waals surface area contributed by atoms with E-state index in [-0.39, 0.29) is 5.91 Å². The van der Waals surface area contributed by atoms with E-state index in [4.69, 9.17) is 4.74 Å². The number of carbonyl (C=O) groups is 1. The number of thiazole rings is 1. The Labute approximate surface area is 156 Å². The average Bonchev–Trinajstić information content (AvgIpc) is 3.27. The highest BCUT2D eigenvalue weighted by atomic mass is 32.1. The summed E-state index contributed by atoms with van der Waals surface area (Å²) in [5, 5.41) is 2.86. The molecule has 1 saturated heterocycles. The van der Waals surface area contributed by atoms with Crippen molar-refractivity contribution in [2.45, 2.75) is 0 Å². The summed E-state index contributed by atoms with van der Waals surface area (Å²) in [4.78, 5) is 25.4. The van der Waals surface area contributed by atoms with Crippen LogP contribution in [0.5, 0.6) is 0 Å². The van der Waals surface area contributed by atoms with Gasteiger partial charge >= 0.3 is 0 Å². The van der Waals surface area contributed by atoms with Crippen LogP contribution in [-0.4, -0.2) is 73.1 Å². The highest BCUT2D eigenvalue weighted by molar-refractivity contribution is 7.16. The minimum Gasteiger partial charge on any atom is -0.379 e. The van der Waals surface area contributed by atoms with Gasteiger partial charge in [-0.15, -0.1) is 11.3 Å². The average molecular weight is 371 g/mol. The summed E-state index contributed by atoms with van der Waals surface area (Å²) in [6.45, 7) is 5.22. The molecule has 2 aliphatic heterocycles. The second-order valence-corrected chi connectivity index (χ2v) is 7.26. The van der Waals surface area contributed by atoms with Gasteiger partial charge in [-0.2, -0.15) is 0 Å². The molecule has 1 aromatic heterocycles. The van der Waals surface area contributed by atoms with Crippen LogP contribution in [0, 0.1) is 0 Å². The Hall–Kier alpha value is -2.29. The third-order valence-electron chi connectivity index (χ3n) is 4.56. The van der Waals surface area contributed by atoms with E-state index in [1.165, 1.54) is 0 Å². The van der Waals surface area contributed by atoms with Crippen LogP contribution in [0.2, 0.25) is 0 Å². The number of rotatable bonds is 4. The first-order valence-corrected chi connectivity index (χ1v) is 9.53. The minimum absolute atomic E-state index is 0.164. The molecular formula is C18H21N5O2S. The molecule has 0 atom stereocenters. The van der Waals surface area contributed by atoms with E-state index < -0.39 is 0 Å². The van der Waals surface area contributed by atoms with Crippen molar-refractivity contribution in [2.24, 2.45) is 4.99 Å². The quantitative estimate of drug-likeness (QED) is 0.823. The van der Waals surface area contributed by atoms with E-state index in [0.717, 1.165) is 55.2 Å². The number of morpholine rings is 1. The monoisotopic (exact) mass is 371 g/mol. The zero-order chi connectivity index (χ0) is 17.9. The van der Waals surface area contributed by atoms with Gasteiger partial charge in [0.25, 0.3) is 5.91 Å². The Morgan fingerprint density at radius 3 is 3.08 bits per heavy atom. The number of aromatic nitrogens is 1. The maximum Gasteiger partial charge on any atom is 0.276 e. The van der Waals surface area contributed by atoms with Crippen molar-refractivity contribution in [1.29, 1.82) is 0 Å². The fraction of sp³-hybridized carbons (Fsp3) is 0.389. The van der Waals surface area contributed by atoms with Gasteiger partial charge < -0.3 is 9.64 Å². The molecule has 3 heterocycles. The van der Waals surface area contributed by atoms with Gasteiger partial charge in [-0.05, 0) is 23.8 Å². The number of ether oxygens (including phenoxy) is 1. The molecule has 4 rings (SSSR count). The largest absolute Gasteiger partial charge is 0.379 e. The topological polar surface area (TPSA) is 70.1 Å². The van der Waals surface area contributed by atoms with E-state index in [1.807, 2.05) is 41.7 Å². The molecule has 0 spiro atoms. The lowest BCUT2D eigenvalue weighted by molar-refractivity contribution is -0.115. The van der Waals surface area contributed by atoms with Crippen LogP contribution in [0.3, 0.4) is 0 Å². The van der Waals surface area contributed by atoms with Crippen molar-refractivity contribution < 1.29 is 9.53 Å². The Morgan fingerprint density at radius 2 is 2.23 bits per heavy atom. The van der Waals surface area contributed by atoms with Gasteiger partial charge in [0.15, 0.2) is 0 Å². The zero-order valence-electron chi connectivity index (χ0n) is 14.6. The van der Waals surface area contributed by atoms with Crippen molar-refractivity contribution in [1.82, 2.24) is 20.1 Å². The number of hydrogen-bond donors (Lipinski definition) is 1. The molecule has 1 amide bonds. The standard InChI is InChI=1S/C18H21N5O2S/c1-22(4-5-23-6-8-25-9-7-23)18-20-15(17(24)21-18)10-13-2-3-14-16(11-13)26-12-19-14/h2-3,10-12H,4-9H2,1H3,(H,20,21,24). The van der Waals surface area contributed by atoms with Crippen LogP contribution in [0.25, 0.3) is 16.3 Å². The molecule has 7 nitrogen and oxygen atoms in total. The van der Waals surface area contributed by atoms with E-state index >= 15 is 0 Å². The molecule has 136 valence electrons. The predicted molar refractivity (Wildman–Crippen MR) is 103 cm³/mol. The third kappa shape index (κ3) is 3.77. The summed E-state index contributed by atoms with van der Waals surface area (Å²) in [6, 6.07) is 5.95. The van der Waals surface area contributed by atoms with Crippen LogP contribution in [0.1, 0.15) is 5.56 Å². The number of amides is 1. The molecule has 2 aromatic rings. The van der Waals surface area contributed by atoms with Crippen molar-refractivity contribution in [3.8, 4) is 0 Å². The lowest BCUT2D eigenvalue weighted by Crippen LogP contribution is -2.44. The first-order valence-electron chi connectivity index (χ1n) is 8.65. The number of carbonyl (C=O) groups excluding carboxylic acids is 1. The lowest BCUT2D eigenvalue weighted by atomic mass is 10.2. The zero-order valence-corrected chi connectivity index (χ0v) is 15.5. The summed E-state index contributed by atoms with van der Waals surface area (Å²) in [6.07, 6.45) is 1.82. The van der Waals surface area contributed by atoms with Crippen molar-refractivity contribution in [3.63, 3.8) is 0 Å². The van der Waals surface area contributed by atoms with E-state index in [2.05, 4.69) is 20.2 Å². The molecule has 0 unspecified atom stereocenters. The molecule has 0 aliphatic carbocycles. The summed E-state index contributed by atoms with van der Waals surface area (Å²) in [7, 11) is 1.95. The second-order valence-electron chi connectivity index (χ2n) is 6.37. The van der Waals surface area contributed by atoms with Gasteiger partial charge in [0, 0.05) is 33.2 Å². The molecule has 0 bridgehead atoms. The first kappa shape index (κ1) is 17.1. The van der Waals surface area contributed by atoms with Gasteiger partial charge in [-0.25, -0.2) is 9.98 Å². The molecule has 26 heavy (non-hydrogen) atoms. The van der Waals surface area contributed by atoms with Gasteiger partial charge in [-0.1, -0.05) is 6.07 Å². The third-order valence-corrected chi connectivity index (χ3v) is 5.35. The van der Waals surface area contributed by atoms with Gasteiger partial charge in [-0.3, -0.25) is 15.0 Å². The van der Waals surface area contributed by atoms with Crippen molar-refractivity contribution in [3.05, 3.63) is 35.0 Å². The minimum atomic E-state index is -0.164. The smallest absolute Gasteiger partial charge is 0.276 e. The second kappa shape index (κ2) is 7.53. The number of benzene rings is 1. The number of hydrogen-bond acceptors (Lipinski definition) is 7. The summed E-state index contributed by atoms with van der Waals surface area (Å²) >= 11 is 1.59. The fourth-order valence-corrected chi connectivity index (χ4v) is 3.70. The number of nitrogens with zero attached hydrogens (tertiary/aromatic N) is 4. The molecule has 2 aliphatic rings. The molecule has 1 fully saturated rings. The highest BCUT2D eigenvalue weighted by Crippen LogP contribution is 2.21. The summed E-state index contributed by atoms with van der Waals surface area (Å²) in [5.74, 6) is 0.441. The predicted octanol–water partition coefficient (Wildman–Crippen LogP) is 1.39. The first-order chi connectivity index (χ1) is 12.7. The Morgan fingerprint density at radius 1 is 1.38 bits per heavy atom. The number of guanidine groups is 1. The highest BCUT2D eigenvalue weighted by Gasteiger charge is 2.23. The molecule has 0 saturated carbocycles. The Kier molecular flexibility index (Phi) is 4.96. The van der Waals surface area contributed by atoms with Crippen LogP contribution in [0.4, 0.5) is 0 Å². The maximum absolute atomic E-state index is 12.3. The van der Waals surface area contributed by atoms with Crippen LogP contribution < -0.4 is 5.32 Å². The van der Waals surface area contributed by atoms with Gasteiger partial charge in [0.1, 0.15) is 5.70 Å². The number of nitrogens with one attached hydrogen (secondary N) is 1. The molecule has 1 N–H and O–H groups in total. The Bertz CT molecular complexity index is 869. The molecule has 0 radical (unpaired) electrons. The van der Waals surface area contributed by atoms with Crippen LogP contribution in [0.15, 0.2) is 34.4 Å². The van der Waals surface area contributed by atoms with Gasteiger partial charge in [0.05, 0.1) is 28.9 Å². The summed E-state index contributed by atoms with van der Waals surface area (Å²) < 4.78 is 6.47. The number of fused-ring (bicyclic) bond motifs is 1. The molecule has 1 aromatic carbocycles. The number of aliphatic imine (C=N–C) groups is 1. The SMILES string of the molecule is CN(CCN1CCOCC1)C1=NC(=Cc2ccc3ncsc3c2)C(=O)N1. The number of likely N-dealkylation sites (N-methyl/N-ethyl adjacent to an activating group) is 1. The van der Waals surface area contributed by atoms with E-state index in [9.17, 15) is 4.79 Å².